The topological polar surface area (TPSA) is 57.8 Å². The maximum Gasteiger partial charge on any atom is 0.273 e. The maximum absolute atomic E-state index is 11.9. The fourth-order valence-electron chi connectivity index (χ4n) is 1.53. The fourth-order valence-corrected chi connectivity index (χ4v) is 1.93. The third kappa shape index (κ3) is 2.74. The number of benzene rings is 1. The Hall–Kier alpha value is -1.62. The number of aromatic amines is 1. The highest BCUT2D eigenvalue weighted by Gasteiger charge is 2.11. The highest BCUT2D eigenvalue weighted by molar-refractivity contribution is 9.09. The van der Waals surface area contributed by atoms with E-state index in [1.165, 1.54) is 0 Å². The second-order valence-corrected chi connectivity index (χ2v) is 5.00. The molecule has 1 heterocycles. The standard InChI is InChI=1S/C12H12BrN3O/c1-8(13)9-4-2-3-5-10(9)15-12(17)11-6-7-14-16-11/h2-8H,1H3,(H,14,16)(H,15,17). The highest BCUT2D eigenvalue weighted by atomic mass is 79.9. The molecule has 0 bridgehead atoms. The minimum atomic E-state index is -0.192. The van der Waals surface area contributed by atoms with Gasteiger partial charge in [0, 0.05) is 16.7 Å². The average molecular weight is 294 g/mol. The fraction of sp³-hybridized carbons (Fsp3) is 0.167. The molecule has 1 aromatic carbocycles. The summed E-state index contributed by atoms with van der Waals surface area (Å²) in [4.78, 5) is 12.0. The van der Waals surface area contributed by atoms with Crippen molar-refractivity contribution in [2.45, 2.75) is 11.8 Å². The Balaban J connectivity index is 2.22. The van der Waals surface area contributed by atoms with E-state index in [0.29, 0.717) is 5.69 Å². The van der Waals surface area contributed by atoms with Gasteiger partial charge >= 0.3 is 0 Å². The summed E-state index contributed by atoms with van der Waals surface area (Å²) in [6.45, 7) is 2.02. The SMILES string of the molecule is CC(Br)c1ccccc1NC(=O)c1ccn[nH]1. The Labute approximate surface area is 108 Å². The number of hydrogen-bond acceptors (Lipinski definition) is 2. The van der Waals surface area contributed by atoms with Crippen molar-refractivity contribution in [3.63, 3.8) is 0 Å². The third-order valence-corrected chi connectivity index (χ3v) is 2.88. The molecule has 1 unspecified atom stereocenters. The maximum atomic E-state index is 11.9. The van der Waals surface area contributed by atoms with Gasteiger partial charge in [-0.15, -0.1) is 0 Å². The number of para-hydroxylation sites is 1. The van der Waals surface area contributed by atoms with E-state index in [-0.39, 0.29) is 10.7 Å². The number of rotatable bonds is 3. The highest BCUT2D eigenvalue weighted by Crippen LogP contribution is 2.28. The number of anilines is 1. The van der Waals surface area contributed by atoms with Crippen LogP contribution >= 0.6 is 15.9 Å². The van der Waals surface area contributed by atoms with Crippen molar-refractivity contribution in [2.24, 2.45) is 0 Å². The number of nitrogens with one attached hydrogen (secondary N) is 2. The number of carbonyl (C=O) groups is 1. The lowest BCUT2D eigenvalue weighted by Gasteiger charge is -2.11. The summed E-state index contributed by atoms with van der Waals surface area (Å²) < 4.78 is 0. The Kier molecular flexibility index (Phi) is 3.58. The summed E-state index contributed by atoms with van der Waals surface area (Å²) in [6.07, 6.45) is 1.55. The molecule has 5 heteroatoms. The van der Waals surface area contributed by atoms with E-state index < -0.39 is 0 Å². The second-order valence-electron chi connectivity index (χ2n) is 3.63. The van der Waals surface area contributed by atoms with Crippen LogP contribution in [0.15, 0.2) is 36.5 Å². The van der Waals surface area contributed by atoms with E-state index in [1.54, 1.807) is 12.3 Å². The van der Waals surface area contributed by atoms with Crippen LogP contribution in [0.2, 0.25) is 0 Å². The molecule has 1 aromatic heterocycles. The predicted octanol–water partition coefficient (Wildman–Crippen LogP) is 3.12. The molecule has 0 fully saturated rings. The van der Waals surface area contributed by atoms with E-state index in [2.05, 4.69) is 31.4 Å². The summed E-state index contributed by atoms with van der Waals surface area (Å²) in [5.41, 5.74) is 2.29. The predicted molar refractivity (Wildman–Crippen MR) is 70.3 cm³/mol. The van der Waals surface area contributed by atoms with E-state index in [4.69, 9.17) is 0 Å². The number of hydrogen-bond donors (Lipinski definition) is 2. The first-order valence-corrected chi connectivity index (χ1v) is 6.14. The lowest BCUT2D eigenvalue weighted by atomic mass is 10.1. The van der Waals surface area contributed by atoms with Gasteiger partial charge in [0.05, 0.1) is 0 Å². The Morgan fingerprint density at radius 3 is 2.82 bits per heavy atom. The van der Waals surface area contributed by atoms with Crippen LogP contribution in [0.5, 0.6) is 0 Å². The lowest BCUT2D eigenvalue weighted by Crippen LogP contribution is -2.13. The van der Waals surface area contributed by atoms with Gasteiger partial charge in [-0.25, -0.2) is 0 Å². The van der Waals surface area contributed by atoms with Gasteiger partial charge in [0.1, 0.15) is 5.69 Å². The number of amides is 1. The molecule has 1 atom stereocenters. The van der Waals surface area contributed by atoms with Crippen molar-refractivity contribution < 1.29 is 4.79 Å². The molecule has 0 aliphatic heterocycles. The molecule has 0 spiro atoms. The molecule has 2 aromatic rings. The van der Waals surface area contributed by atoms with Crippen LogP contribution in [0, 0.1) is 0 Å². The van der Waals surface area contributed by atoms with Crippen LogP contribution in [0.25, 0.3) is 0 Å². The Bertz CT molecular complexity index is 508. The van der Waals surface area contributed by atoms with Crippen LogP contribution in [0.1, 0.15) is 27.8 Å². The monoisotopic (exact) mass is 293 g/mol. The number of alkyl halides is 1. The Morgan fingerprint density at radius 2 is 2.18 bits per heavy atom. The van der Waals surface area contributed by atoms with E-state index in [9.17, 15) is 4.79 Å². The molecule has 17 heavy (non-hydrogen) atoms. The molecule has 2 N–H and O–H groups in total. The van der Waals surface area contributed by atoms with Crippen LogP contribution in [-0.2, 0) is 0 Å². The normalized spacial score (nSPS) is 12.1. The molecule has 0 aliphatic carbocycles. The summed E-state index contributed by atoms with van der Waals surface area (Å²) in [5, 5.41) is 9.23. The number of aromatic nitrogens is 2. The Morgan fingerprint density at radius 1 is 1.41 bits per heavy atom. The van der Waals surface area contributed by atoms with Crippen LogP contribution < -0.4 is 5.32 Å². The van der Waals surface area contributed by atoms with Gasteiger partial charge in [0.25, 0.3) is 5.91 Å². The first-order chi connectivity index (χ1) is 8.18. The summed E-state index contributed by atoms with van der Waals surface area (Å²) in [5.74, 6) is -0.192. The quantitative estimate of drug-likeness (QED) is 0.854. The van der Waals surface area contributed by atoms with Gasteiger partial charge in [-0.1, -0.05) is 34.1 Å². The van der Waals surface area contributed by atoms with Gasteiger partial charge in [0.2, 0.25) is 0 Å². The third-order valence-electron chi connectivity index (χ3n) is 2.38. The van der Waals surface area contributed by atoms with E-state index in [0.717, 1.165) is 11.3 Å². The molecular formula is C12H12BrN3O. The molecule has 4 nitrogen and oxygen atoms in total. The molecule has 0 aliphatic rings. The summed E-state index contributed by atoms with van der Waals surface area (Å²) in [6, 6.07) is 9.32. The molecule has 0 saturated heterocycles. The van der Waals surface area contributed by atoms with E-state index in [1.807, 2.05) is 31.2 Å². The van der Waals surface area contributed by atoms with Crippen molar-refractivity contribution in [3.05, 3.63) is 47.8 Å². The average Bonchev–Trinajstić information content (AvgIpc) is 2.83. The van der Waals surface area contributed by atoms with Gasteiger partial charge < -0.3 is 5.32 Å². The van der Waals surface area contributed by atoms with Crippen LogP contribution in [0.4, 0.5) is 5.69 Å². The summed E-state index contributed by atoms with van der Waals surface area (Å²) in [7, 11) is 0. The second kappa shape index (κ2) is 5.14. The molecule has 88 valence electrons. The van der Waals surface area contributed by atoms with Gasteiger partial charge in [-0.3, -0.25) is 9.89 Å². The van der Waals surface area contributed by atoms with Crippen molar-refractivity contribution in [2.75, 3.05) is 5.32 Å². The van der Waals surface area contributed by atoms with Crippen LogP contribution in [0.3, 0.4) is 0 Å². The van der Waals surface area contributed by atoms with Crippen molar-refractivity contribution in [1.29, 1.82) is 0 Å². The smallest absolute Gasteiger partial charge is 0.273 e. The van der Waals surface area contributed by atoms with Gasteiger partial charge in [-0.2, -0.15) is 5.10 Å². The first kappa shape index (κ1) is 11.9. The van der Waals surface area contributed by atoms with Gasteiger partial charge in [-0.05, 0) is 24.6 Å². The number of halogens is 1. The minimum absolute atomic E-state index is 0.181. The molecular weight excluding hydrogens is 282 g/mol. The lowest BCUT2D eigenvalue weighted by molar-refractivity contribution is 0.102. The molecule has 0 saturated carbocycles. The number of H-pyrrole nitrogens is 1. The number of nitrogens with zero attached hydrogens (tertiary/aromatic N) is 1. The van der Waals surface area contributed by atoms with Gasteiger partial charge in [0.15, 0.2) is 0 Å². The van der Waals surface area contributed by atoms with E-state index >= 15 is 0 Å². The molecule has 0 radical (unpaired) electrons. The van der Waals surface area contributed by atoms with Crippen molar-refractivity contribution >= 4 is 27.5 Å². The largest absolute Gasteiger partial charge is 0.320 e. The summed E-state index contributed by atoms with van der Waals surface area (Å²) >= 11 is 3.50. The molecule has 1 amide bonds. The van der Waals surface area contributed by atoms with Crippen molar-refractivity contribution in [1.82, 2.24) is 10.2 Å². The van der Waals surface area contributed by atoms with Crippen LogP contribution in [-0.4, -0.2) is 16.1 Å². The molecule has 2 rings (SSSR count). The zero-order chi connectivity index (χ0) is 12.3. The number of carbonyl (C=O) groups excluding carboxylic acids is 1. The zero-order valence-electron chi connectivity index (χ0n) is 9.27. The zero-order valence-corrected chi connectivity index (χ0v) is 10.9. The minimum Gasteiger partial charge on any atom is -0.320 e. The van der Waals surface area contributed by atoms with Crippen molar-refractivity contribution in [3.8, 4) is 0 Å². The first-order valence-electron chi connectivity index (χ1n) is 5.22.